The standard InChI is InChI=1S/C13H18N2S/c14-9-12-7-8-13(16-12)10-15-11-5-3-1-2-4-6-11/h7-8,11,15H,1-6,10H2. The molecule has 0 atom stereocenters. The Hall–Kier alpha value is -0.850. The first-order valence-corrected chi connectivity index (χ1v) is 6.92. The largest absolute Gasteiger partial charge is 0.309 e. The maximum Gasteiger partial charge on any atom is 0.110 e. The first-order chi connectivity index (χ1) is 7.88. The molecule has 2 nitrogen and oxygen atoms in total. The van der Waals surface area contributed by atoms with Crippen LogP contribution in [0, 0.1) is 11.3 Å². The lowest BCUT2D eigenvalue weighted by atomic mass is 10.1. The summed E-state index contributed by atoms with van der Waals surface area (Å²) >= 11 is 1.60. The Morgan fingerprint density at radius 1 is 1.25 bits per heavy atom. The molecule has 1 N–H and O–H groups in total. The fourth-order valence-corrected chi connectivity index (χ4v) is 3.02. The Bertz CT molecular complexity index is 356. The van der Waals surface area contributed by atoms with Crippen LogP contribution in [0.5, 0.6) is 0 Å². The summed E-state index contributed by atoms with van der Waals surface area (Å²) in [6.45, 7) is 0.928. The maximum absolute atomic E-state index is 8.75. The van der Waals surface area contributed by atoms with Crippen LogP contribution in [0.25, 0.3) is 0 Å². The summed E-state index contributed by atoms with van der Waals surface area (Å²) in [6, 6.07) is 6.85. The average molecular weight is 234 g/mol. The molecule has 2 rings (SSSR count). The van der Waals surface area contributed by atoms with Gasteiger partial charge in [0.05, 0.1) is 0 Å². The van der Waals surface area contributed by atoms with Crippen LogP contribution in [0.1, 0.15) is 48.3 Å². The predicted octanol–water partition coefficient (Wildman–Crippen LogP) is 3.43. The first kappa shape index (κ1) is 11.6. The zero-order valence-electron chi connectivity index (χ0n) is 9.54. The van der Waals surface area contributed by atoms with Gasteiger partial charge in [-0.3, -0.25) is 0 Å². The van der Waals surface area contributed by atoms with E-state index in [1.54, 1.807) is 11.3 Å². The second-order valence-electron chi connectivity index (χ2n) is 4.45. The normalized spacial score (nSPS) is 17.9. The highest BCUT2D eigenvalue weighted by atomic mass is 32.1. The number of thiophene rings is 1. The molecule has 16 heavy (non-hydrogen) atoms. The molecule has 1 aliphatic carbocycles. The lowest BCUT2D eigenvalue weighted by molar-refractivity contribution is 0.461. The van der Waals surface area contributed by atoms with Crippen molar-refractivity contribution in [1.29, 1.82) is 5.26 Å². The minimum atomic E-state index is 0.690. The van der Waals surface area contributed by atoms with E-state index in [-0.39, 0.29) is 0 Å². The van der Waals surface area contributed by atoms with E-state index in [2.05, 4.69) is 17.5 Å². The summed E-state index contributed by atoms with van der Waals surface area (Å²) in [5.41, 5.74) is 0. The second-order valence-corrected chi connectivity index (χ2v) is 5.62. The van der Waals surface area contributed by atoms with Gasteiger partial charge < -0.3 is 5.32 Å². The molecule has 1 heterocycles. The van der Waals surface area contributed by atoms with Gasteiger partial charge in [-0.05, 0) is 25.0 Å². The molecule has 0 radical (unpaired) electrons. The van der Waals surface area contributed by atoms with Crippen molar-refractivity contribution in [3.63, 3.8) is 0 Å². The fraction of sp³-hybridized carbons (Fsp3) is 0.615. The zero-order chi connectivity index (χ0) is 11.2. The highest BCUT2D eigenvalue weighted by Crippen LogP contribution is 2.19. The van der Waals surface area contributed by atoms with Crippen molar-refractivity contribution in [3.8, 4) is 6.07 Å². The van der Waals surface area contributed by atoms with Crippen LogP contribution in [0.4, 0.5) is 0 Å². The van der Waals surface area contributed by atoms with Crippen molar-refractivity contribution in [2.24, 2.45) is 0 Å². The number of rotatable bonds is 3. The van der Waals surface area contributed by atoms with Gasteiger partial charge in [-0.15, -0.1) is 11.3 Å². The Morgan fingerprint density at radius 3 is 2.62 bits per heavy atom. The first-order valence-electron chi connectivity index (χ1n) is 6.10. The van der Waals surface area contributed by atoms with Crippen LogP contribution in [0.3, 0.4) is 0 Å². The van der Waals surface area contributed by atoms with Crippen LogP contribution < -0.4 is 5.32 Å². The van der Waals surface area contributed by atoms with Crippen molar-refractivity contribution in [2.75, 3.05) is 0 Å². The molecule has 1 aromatic rings. The Morgan fingerprint density at radius 2 is 2.00 bits per heavy atom. The summed E-state index contributed by atoms with van der Waals surface area (Å²) in [6.07, 6.45) is 8.16. The number of nitriles is 1. The molecule has 1 saturated carbocycles. The SMILES string of the molecule is N#Cc1ccc(CNC2CCCCCC2)s1. The minimum absolute atomic E-state index is 0.690. The van der Waals surface area contributed by atoms with Gasteiger partial charge in [-0.1, -0.05) is 25.7 Å². The lowest BCUT2D eigenvalue weighted by Gasteiger charge is -2.15. The zero-order valence-corrected chi connectivity index (χ0v) is 10.4. The summed E-state index contributed by atoms with van der Waals surface area (Å²) in [4.78, 5) is 2.10. The topological polar surface area (TPSA) is 35.8 Å². The molecule has 1 aliphatic rings. The number of hydrogen-bond donors (Lipinski definition) is 1. The molecule has 1 fully saturated rings. The van der Waals surface area contributed by atoms with E-state index in [1.807, 2.05) is 6.07 Å². The Balaban J connectivity index is 1.79. The van der Waals surface area contributed by atoms with Crippen molar-refractivity contribution in [3.05, 3.63) is 21.9 Å². The Labute approximate surface area is 101 Å². The van der Waals surface area contributed by atoms with Crippen LogP contribution in [0.2, 0.25) is 0 Å². The van der Waals surface area contributed by atoms with Gasteiger partial charge in [0.2, 0.25) is 0 Å². The third kappa shape index (κ3) is 3.33. The monoisotopic (exact) mass is 234 g/mol. The van der Waals surface area contributed by atoms with E-state index in [9.17, 15) is 0 Å². The van der Waals surface area contributed by atoms with Gasteiger partial charge in [0.1, 0.15) is 10.9 Å². The average Bonchev–Trinajstić information content (AvgIpc) is 2.61. The lowest BCUT2D eigenvalue weighted by Crippen LogP contribution is -2.27. The maximum atomic E-state index is 8.75. The summed E-state index contributed by atoms with van der Waals surface area (Å²) < 4.78 is 0. The van der Waals surface area contributed by atoms with Gasteiger partial charge in [-0.25, -0.2) is 0 Å². The number of nitrogens with one attached hydrogen (secondary N) is 1. The number of hydrogen-bond acceptors (Lipinski definition) is 3. The smallest absolute Gasteiger partial charge is 0.110 e. The molecule has 86 valence electrons. The van der Waals surface area contributed by atoms with E-state index < -0.39 is 0 Å². The molecule has 0 saturated heterocycles. The van der Waals surface area contributed by atoms with Gasteiger partial charge in [0.15, 0.2) is 0 Å². The molecule has 3 heteroatoms. The Kier molecular flexibility index (Phi) is 4.38. The van der Waals surface area contributed by atoms with E-state index >= 15 is 0 Å². The minimum Gasteiger partial charge on any atom is -0.309 e. The highest BCUT2D eigenvalue weighted by molar-refractivity contribution is 7.12. The van der Waals surface area contributed by atoms with E-state index in [0.717, 1.165) is 11.4 Å². The van der Waals surface area contributed by atoms with Gasteiger partial charge >= 0.3 is 0 Å². The van der Waals surface area contributed by atoms with Gasteiger partial charge in [-0.2, -0.15) is 5.26 Å². The van der Waals surface area contributed by atoms with Crippen molar-refractivity contribution in [1.82, 2.24) is 5.32 Å². The molecule has 0 aromatic carbocycles. The van der Waals surface area contributed by atoms with Crippen molar-refractivity contribution in [2.45, 2.75) is 51.1 Å². The van der Waals surface area contributed by atoms with E-state index in [0.29, 0.717) is 6.04 Å². The number of nitrogens with zero attached hydrogens (tertiary/aromatic N) is 1. The predicted molar refractivity (Wildman–Crippen MR) is 67.4 cm³/mol. The van der Waals surface area contributed by atoms with Crippen molar-refractivity contribution >= 4 is 11.3 Å². The molecular weight excluding hydrogens is 216 g/mol. The fourth-order valence-electron chi connectivity index (χ4n) is 2.26. The van der Waals surface area contributed by atoms with Crippen LogP contribution in [-0.2, 0) is 6.54 Å². The summed E-state index contributed by atoms with van der Waals surface area (Å²) in [7, 11) is 0. The third-order valence-electron chi connectivity index (χ3n) is 3.19. The highest BCUT2D eigenvalue weighted by Gasteiger charge is 2.11. The quantitative estimate of drug-likeness (QED) is 0.813. The summed E-state index contributed by atoms with van der Waals surface area (Å²) in [5, 5.41) is 12.4. The van der Waals surface area contributed by atoms with Crippen molar-refractivity contribution < 1.29 is 0 Å². The van der Waals surface area contributed by atoms with Crippen LogP contribution >= 0.6 is 11.3 Å². The third-order valence-corrected chi connectivity index (χ3v) is 4.18. The molecule has 1 aromatic heterocycles. The molecule has 0 bridgehead atoms. The second kappa shape index (κ2) is 6.03. The molecular formula is C13H18N2S. The molecule has 0 unspecified atom stereocenters. The molecule has 0 aliphatic heterocycles. The van der Waals surface area contributed by atoms with Gasteiger partial charge in [0, 0.05) is 17.5 Å². The van der Waals surface area contributed by atoms with E-state index in [1.165, 1.54) is 43.4 Å². The van der Waals surface area contributed by atoms with E-state index in [4.69, 9.17) is 5.26 Å². The van der Waals surface area contributed by atoms with Gasteiger partial charge in [0.25, 0.3) is 0 Å². The van der Waals surface area contributed by atoms with Crippen LogP contribution in [0.15, 0.2) is 12.1 Å². The molecule has 0 amide bonds. The summed E-state index contributed by atoms with van der Waals surface area (Å²) in [5.74, 6) is 0. The molecule has 0 spiro atoms. The van der Waals surface area contributed by atoms with Crippen LogP contribution in [-0.4, -0.2) is 6.04 Å².